The smallest absolute Gasteiger partial charge is 0.256 e. The van der Waals surface area contributed by atoms with Crippen molar-refractivity contribution >= 4 is 50.5 Å². The van der Waals surface area contributed by atoms with Gasteiger partial charge in [0.05, 0.1) is 35.3 Å². The predicted molar refractivity (Wildman–Crippen MR) is 150 cm³/mol. The Morgan fingerprint density at radius 2 is 1.87 bits per heavy atom. The van der Waals surface area contributed by atoms with E-state index in [2.05, 4.69) is 14.5 Å². The lowest BCUT2D eigenvalue weighted by Crippen LogP contribution is -2.39. The van der Waals surface area contributed by atoms with Gasteiger partial charge in [0.1, 0.15) is 11.6 Å². The van der Waals surface area contributed by atoms with E-state index in [0.29, 0.717) is 30.2 Å². The predicted octanol–water partition coefficient (Wildman–Crippen LogP) is 2.90. The molecule has 3 aromatic rings. The molecule has 3 saturated heterocycles. The van der Waals surface area contributed by atoms with Crippen LogP contribution in [0.25, 0.3) is 5.65 Å². The first kappa shape index (κ1) is 26.1. The largest absolute Gasteiger partial charge is 0.391 e. The van der Waals surface area contributed by atoms with Crippen LogP contribution in [-0.2, 0) is 10.0 Å². The van der Waals surface area contributed by atoms with Gasteiger partial charge in [-0.25, -0.2) is 13.4 Å². The highest BCUT2D eigenvalue weighted by Crippen LogP contribution is 2.36. The van der Waals surface area contributed by atoms with Crippen LogP contribution in [0.15, 0.2) is 30.3 Å². The number of sulfonamides is 1. The fourth-order valence-corrected chi connectivity index (χ4v) is 6.38. The van der Waals surface area contributed by atoms with Gasteiger partial charge in [0.2, 0.25) is 10.0 Å². The van der Waals surface area contributed by atoms with Gasteiger partial charge in [-0.3, -0.25) is 9.52 Å². The normalized spacial score (nSPS) is 21.9. The SMILES string of the molecule is CS(=O)(=O)Nc1ccc(Cl)cc1C(=O)N1CCCC[C@H]1c1cc2nc(N3CCC3)cc(N3CCC(O)C3)n2n1. The van der Waals surface area contributed by atoms with Gasteiger partial charge >= 0.3 is 0 Å². The first-order valence-electron chi connectivity index (χ1n) is 13.3. The molecule has 1 aromatic carbocycles. The minimum atomic E-state index is -3.60. The Bertz CT molecular complexity index is 1520. The lowest BCUT2D eigenvalue weighted by Gasteiger charge is -2.35. The first-order valence-corrected chi connectivity index (χ1v) is 15.6. The molecule has 5 heterocycles. The van der Waals surface area contributed by atoms with E-state index in [1.54, 1.807) is 11.0 Å². The monoisotopic (exact) mass is 573 g/mol. The third kappa shape index (κ3) is 5.24. The van der Waals surface area contributed by atoms with Crippen LogP contribution in [0, 0.1) is 0 Å². The molecule has 2 N–H and O–H groups in total. The number of aliphatic hydroxyl groups excluding tert-OH is 1. The van der Waals surface area contributed by atoms with Crippen LogP contribution in [0.3, 0.4) is 0 Å². The van der Waals surface area contributed by atoms with Crippen molar-refractivity contribution in [3.63, 3.8) is 0 Å². The Morgan fingerprint density at radius 1 is 1.05 bits per heavy atom. The maximum Gasteiger partial charge on any atom is 0.256 e. The number of nitrogens with one attached hydrogen (secondary N) is 1. The summed E-state index contributed by atoms with van der Waals surface area (Å²) in [5.41, 5.74) is 1.83. The van der Waals surface area contributed by atoms with Crippen LogP contribution in [0.2, 0.25) is 5.02 Å². The van der Waals surface area contributed by atoms with E-state index in [9.17, 15) is 18.3 Å². The number of fused-ring (bicyclic) bond motifs is 1. The van der Waals surface area contributed by atoms with Gasteiger partial charge in [-0.1, -0.05) is 11.6 Å². The quantitative estimate of drug-likeness (QED) is 0.461. The number of benzene rings is 1. The van der Waals surface area contributed by atoms with Crippen LogP contribution in [-0.4, -0.2) is 84.0 Å². The number of carbonyl (C=O) groups excluding carboxylic acids is 1. The van der Waals surface area contributed by atoms with Crippen LogP contribution >= 0.6 is 11.6 Å². The zero-order chi connectivity index (χ0) is 27.3. The average Bonchev–Trinajstić information content (AvgIpc) is 3.48. The zero-order valence-electron chi connectivity index (χ0n) is 21.8. The molecule has 3 aliphatic rings. The fraction of sp³-hybridized carbons (Fsp3) is 0.500. The molecule has 13 heteroatoms. The molecular formula is C26H32ClN7O4S. The van der Waals surface area contributed by atoms with Gasteiger partial charge in [-0.05, 0) is 50.3 Å². The molecule has 6 rings (SSSR count). The van der Waals surface area contributed by atoms with Crippen molar-refractivity contribution in [2.75, 3.05) is 53.5 Å². The number of piperidine rings is 1. The third-order valence-corrected chi connectivity index (χ3v) is 8.52. The van der Waals surface area contributed by atoms with Crippen molar-refractivity contribution in [3.8, 4) is 0 Å². The number of rotatable bonds is 6. The summed E-state index contributed by atoms with van der Waals surface area (Å²) < 4.78 is 28.2. The molecule has 3 aliphatic heterocycles. The van der Waals surface area contributed by atoms with Crippen molar-refractivity contribution in [3.05, 3.63) is 46.6 Å². The van der Waals surface area contributed by atoms with Gasteiger partial charge in [0.25, 0.3) is 5.91 Å². The van der Waals surface area contributed by atoms with Gasteiger partial charge in [-0.2, -0.15) is 9.61 Å². The van der Waals surface area contributed by atoms with E-state index in [1.807, 2.05) is 16.6 Å². The van der Waals surface area contributed by atoms with Gasteiger partial charge in [-0.15, -0.1) is 0 Å². The Labute approximate surface area is 232 Å². The molecule has 39 heavy (non-hydrogen) atoms. The van der Waals surface area contributed by atoms with Crippen LogP contribution in [0.1, 0.15) is 54.2 Å². The van der Waals surface area contributed by atoms with Crippen LogP contribution in [0.4, 0.5) is 17.3 Å². The van der Waals surface area contributed by atoms with Gasteiger partial charge < -0.3 is 19.8 Å². The van der Waals surface area contributed by atoms with Crippen molar-refractivity contribution in [2.24, 2.45) is 0 Å². The van der Waals surface area contributed by atoms with E-state index < -0.39 is 10.0 Å². The molecule has 0 radical (unpaired) electrons. The molecule has 1 amide bonds. The number of aromatic nitrogens is 3. The number of hydrogen-bond acceptors (Lipinski definition) is 8. The fourth-order valence-electron chi connectivity index (χ4n) is 5.63. The molecule has 0 saturated carbocycles. The Kier molecular flexibility index (Phi) is 6.80. The van der Waals surface area contributed by atoms with E-state index in [4.69, 9.17) is 21.7 Å². The second-order valence-corrected chi connectivity index (χ2v) is 12.8. The summed E-state index contributed by atoms with van der Waals surface area (Å²) >= 11 is 6.23. The Balaban J connectivity index is 1.39. The maximum absolute atomic E-state index is 13.9. The number of anilines is 3. The first-order chi connectivity index (χ1) is 18.7. The van der Waals surface area contributed by atoms with E-state index in [0.717, 1.165) is 68.9 Å². The second kappa shape index (κ2) is 10.1. The summed E-state index contributed by atoms with van der Waals surface area (Å²) in [6.45, 7) is 3.70. The summed E-state index contributed by atoms with van der Waals surface area (Å²) in [5.74, 6) is 1.47. The summed E-state index contributed by atoms with van der Waals surface area (Å²) in [5, 5.41) is 15.5. The molecule has 0 bridgehead atoms. The summed E-state index contributed by atoms with van der Waals surface area (Å²) in [4.78, 5) is 24.9. The number of amides is 1. The number of nitrogens with zero attached hydrogens (tertiary/aromatic N) is 6. The molecule has 208 valence electrons. The summed E-state index contributed by atoms with van der Waals surface area (Å²) in [6.07, 6.45) is 4.99. The zero-order valence-corrected chi connectivity index (χ0v) is 23.3. The van der Waals surface area contributed by atoms with Crippen molar-refractivity contribution in [1.82, 2.24) is 19.5 Å². The molecule has 11 nitrogen and oxygen atoms in total. The summed E-state index contributed by atoms with van der Waals surface area (Å²) in [7, 11) is -3.60. The highest BCUT2D eigenvalue weighted by atomic mass is 35.5. The van der Waals surface area contributed by atoms with Crippen molar-refractivity contribution < 1.29 is 18.3 Å². The minimum Gasteiger partial charge on any atom is -0.391 e. The second-order valence-electron chi connectivity index (χ2n) is 10.6. The van der Waals surface area contributed by atoms with Gasteiger partial charge in [0, 0.05) is 49.9 Å². The lowest BCUT2D eigenvalue weighted by molar-refractivity contribution is 0.0607. The minimum absolute atomic E-state index is 0.196. The Hall–Kier alpha value is -3.09. The van der Waals surface area contributed by atoms with E-state index in [-0.39, 0.29) is 29.3 Å². The number of β-amino-alcohol motifs (C(OH)–C–C–N with tert-alkyl or cyclic N) is 1. The number of aliphatic hydroxyl groups is 1. The topological polar surface area (TPSA) is 123 Å². The number of carbonyl (C=O) groups is 1. The van der Waals surface area contributed by atoms with E-state index in [1.165, 1.54) is 12.1 Å². The average molecular weight is 574 g/mol. The van der Waals surface area contributed by atoms with Gasteiger partial charge in [0.15, 0.2) is 5.65 Å². The highest BCUT2D eigenvalue weighted by Gasteiger charge is 2.33. The summed E-state index contributed by atoms with van der Waals surface area (Å²) in [6, 6.07) is 8.26. The molecule has 0 aliphatic carbocycles. The van der Waals surface area contributed by atoms with Crippen LogP contribution < -0.4 is 14.5 Å². The molecular weight excluding hydrogens is 542 g/mol. The third-order valence-electron chi connectivity index (χ3n) is 7.69. The van der Waals surface area contributed by atoms with Crippen LogP contribution in [0.5, 0.6) is 0 Å². The van der Waals surface area contributed by atoms with Crippen molar-refractivity contribution in [1.29, 1.82) is 0 Å². The molecule has 3 fully saturated rings. The number of halogens is 1. The molecule has 1 unspecified atom stereocenters. The highest BCUT2D eigenvalue weighted by molar-refractivity contribution is 7.92. The van der Waals surface area contributed by atoms with Crippen molar-refractivity contribution in [2.45, 2.75) is 44.2 Å². The Morgan fingerprint density at radius 3 is 2.56 bits per heavy atom. The maximum atomic E-state index is 13.9. The van der Waals surface area contributed by atoms with E-state index >= 15 is 0 Å². The standard InChI is InChI=1S/C26H32ClN7O4S/c1-39(37,38)30-20-7-6-17(27)13-19(20)26(36)33-11-3-2-5-22(33)21-14-24-28-23(31-9-4-10-31)15-25(34(24)29-21)32-12-8-18(35)16-32/h6-7,13-15,18,22,30,35H,2-5,8-12,16H2,1H3/t18?,22-/m0/s1. The lowest BCUT2D eigenvalue weighted by atomic mass is 9.98. The molecule has 2 atom stereocenters. The molecule has 2 aromatic heterocycles. The number of likely N-dealkylation sites (tertiary alicyclic amines) is 1. The number of hydrogen-bond donors (Lipinski definition) is 2. The molecule has 0 spiro atoms.